The monoisotopic (exact) mass is 431 g/mol. The third-order valence-corrected chi connectivity index (χ3v) is 5.15. The molecule has 1 atom stereocenters. The third kappa shape index (κ3) is 4.20. The number of hydrogen-bond donors (Lipinski definition) is 1. The van der Waals surface area contributed by atoms with Crippen LogP contribution in [0.15, 0.2) is 66.7 Å². The minimum absolute atomic E-state index is 0.102. The third-order valence-electron chi connectivity index (χ3n) is 4.92. The van der Waals surface area contributed by atoms with Gasteiger partial charge in [0.05, 0.1) is 12.6 Å². The van der Waals surface area contributed by atoms with Gasteiger partial charge in [0.15, 0.2) is 0 Å². The fraction of sp³-hybridized carbons (Fsp3) is 0.130. The normalized spacial score (nSPS) is 12.8. The molecule has 7 nitrogen and oxygen atoms in total. The first kappa shape index (κ1) is 20.4. The van der Waals surface area contributed by atoms with Gasteiger partial charge in [0.1, 0.15) is 27.9 Å². The molecular formula is C23H18ClN5O2. The molecule has 31 heavy (non-hydrogen) atoms. The van der Waals surface area contributed by atoms with Gasteiger partial charge in [0.25, 0.3) is 0 Å². The molecule has 0 bridgehead atoms. The van der Waals surface area contributed by atoms with Crippen LogP contribution in [-0.4, -0.2) is 20.9 Å². The standard InChI is InChI=1S/C23H18ClN5O2/c1-23(13-25,14-29-27-20-10-7-15(24)11-21(20)28-29)19-12-17(8-9-18(19)22(26)30)31-16-5-3-2-4-6-16/h2-12H,14H2,1H3,(H2,26,30). The molecule has 0 aliphatic heterocycles. The molecule has 1 aromatic heterocycles. The van der Waals surface area contributed by atoms with E-state index in [0.717, 1.165) is 0 Å². The van der Waals surface area contributed by atoms with Crippen LogP contribution in [0.1, 0.15) is 22.8 Å². The van der Waals surface area contributed by atoms with Gasteiger partial charge < -0.3 is 10.5 Å². The average molecular weight is 432 g/mol. The van der Waals surface area contributed by atoms with Crippen molar-refractivity contribution in [1.82, 2.24) is 15.0 Å². The van der Waals surface area contributed by atoms with Gasteiger partial charge in [-0.1, -0.05) is 29.8 Å². The summed E-state index contributed by atoms with van der Waals surface area (Å²) in [5.41, 5.74) is 6.39. The Morgan fingerprint density at radius 1 is 1.10 bits per heavy atom. The molecule has 1 heterocycles. The van der Waals surface area contributed by atoms with E-state index in [9.17, 15) is 10.1 Å². The van der Waals surface area contributed by atoms with Crippen molar-refractivity contribution in [2.75, 3.05) is 0 Å². The van der Waals surface area contributed by atoms with E-state index in [-0.39, 0.29) is 12.1 Å². The second-order valence-corrected chi connectivity index (χ2v) is 7.73. The largest absolute Gasteiger partial charge is 0.457 e. The molecule has 0 spiro atoms. The number of benzene rings is 3. The second-order valence-electron chi connectivity index (χ2n) is 7.29. The predicted molar refractivity (Wildman–Crippen MR) is 117 cm³/mol. The lowest BCUT2D eigenvalue weighted by Crippen LogP contribution is -2.31. The Balaban J connectivity index is 1.74. The zero-order chi connectivity index (χ0) is 22.0. The number of halogens is 1. The van der Waals surface area contributed by atoms with Crippen LogP contribution in [0.2, 0.25) is 5.02 Å². The highest BCUT2D eigenvalue weighted by Crippen LogP contribution is 2.33. The zero-order valence-electron chi connectivity index (χ0n) is 16.6. The first-order valence-electron chi connectivity index (χ1n) is 9.47. The highest BCUT2D eigenvalue weighted by molar-refractivity contribution is 6.31. The number of nitrogens with two attached hydrogens (primary N) is 1. The molecule has 0 saturated carbocycles. The number of carbonyl (C=O) groups is 1. The van der Waals surface area contributed by atoms with Gasteiger partial charge in [-0.3, -0.25) is 4.79 Å². The number of primary amides is 1. The minimum atomic E-state index is -1.15. The highest BCUT2D eigenvalue weighted by Gasteiger charge is 2.33. The van der Waals surface area contributed by atoms with E-state index in [1.807, 2.05) is 30.3 Å². The summed E-state index contributed by atoms with van der Waals surface area (Å²) in [5, 5.41) is 19.5. The summed E-state index contributed by atoms with van der Waals surface area (Å²) >= 11 is 6.03. The van der Waals surface area contributed by atoms with E-state index in [4.69, 9.17) is 22.1 Å². The summed E-state index contributed by atoms with van der Waals surface area (Å²) in [6, 6.07) is 21.6. The van der Waals surface area contributed by atoms with Crippen molar-refractivity contribution >= 4 is 28.5 Å². The molecule has 1 amide bonds. The van der Waals surface area contributed by atoms with Crippen LogP contribution < -0.4 is 10.5 Å². The van der Waals surface area contributed by atoms with Crippen molar-refractivity contribution < 1.29 is 9.53 Å². The number of nitrogens with zero attached hydrogens (tertiary/aromatic N) is 4. The number of para-hydroxylation sites is 1. The number of amides is 1. The Bertz CT molecular complexity index is 1310. The minimum Gasteiger partial charge on any atom is -0.457 e. The van der Waals surface area contributed by atoms with Crippen molar-refractivity contribution in [3.8, 4) is 17.6 Å². The molecule has 0 radical (unpaired) electrons. The van der Waals surface area contributed by atoms with Crippen LogP contribution in [0.4, 0.5) is 0 Å². The fourth-order valence-corrected chi connectivity index (χ4v) is 3.52. The number of carbonyl (C=O) groups excluding carboxylic acids is 1. The van der Waals surface area contributed by atoms with Gasteiger partial charge in [-0.25, -0.2) is 0 Å². The summed E-state index contributed by atoms with van der Waals surface area (Å²) < 4.78 is 5.89. The molecule has 4 aromatic rings. The van der Waals surface area contributed by atoms with Crippen molar-refractivity contribution in [3.05, 3.63) is 82.9 Å². The number of hydrogen-bond acceptors (Lipinski definition) is 5. The number of rotatable bonds is 6. The van der Waals surface area contributed by atoms with Crippen molar-refractivity contribution in [1.29, 1.82) is 5.26 Å². The van der Waals surface area contributed by atoms with Crippen LogP contribution in [0.3, 0.4) is 0 Å². The van der Waals surface area contributed by atoms with E-state index in [1.165, 1.54) is 4.80 Å². The van der Waals surface area contributed by atoms with Crippen LogP contribution >= 0.6 is 11.6 Å². The first-order valence-corrected chi connectivity index (χ1v) is 9.85. The number of fused-ring (bicyclic) bond motifs is 1. The van der Waals surface area contributed by atoms with Gasteiger partial charge >= 0.3 is 0 Å². The molecule has 8 heteroatoms. The van der Waals surface area contributed by atoms with Gasteiger partial charge in [-0.2, -0.15) is 20.3 Å². The quantitative estimate of drug-likeness (QED) is 0.485. The van der Waals surface area contributed by atoms with E-state index in [0.29, 0.717) is 33.1 Å². The summed E-state index contributed by atoms with van der Waals surface area (Å²) in [5.74, 6) is 0.488. The summed E-state index contributed by atoms with van der Waals surface area (Å²) in [6.07, 6.45) is 0. The molecule has 154 valence electrons. The van der Waals surface area contributed by atoms with Crippen molar-refractivity contribution in [2.45, 2.75) is 18.9 Å². The fourth-order valence-electron chi connectivity index (χ4n) is 3.35. The molecule has 0 fully saturated rings. The maximum Gasteiger partial charge on any atom is 0.249 e. The number of ether oxygens (including phenoxy) is 1. The summed E-state index contributed by atoms with van der Waals surface area (Å²) in [6.45, 7) is 1.81. The molecule has 4 rings (SSSR count). The predicted octanol–water partition coefficient (Wildman–Crippen LogP) is 4.46. The lowest BCUT2D eigenvalue weighted by Gasteiger charge is -2.24. The van der Waals surface area contributed by atoms with Gasteiger partial charge in [-0.05, 0) is 61.0 Å². The molecule has 0 saturated heterocycles. The van der Waals surface area contributed by atoms with Crippen molar-refractivity contribution in [2.24, 2.45) is 5.73 Å². The Kier molecular flexibility index (Phi) is 5.32. The van der Waals surface area contributed by atoms with Gasteiger partial charge in [0.2, 0.25) is 5.91 Å². The average Bonchev–Trinajstić information content (AvgIpc) is 3.15. The van der Waals surface area contributed by atoms with Gasteiger partial charge in [-0.15, -0.1) is 0 Å². The molecule has 2 N–H and O–H groups in total. The second kappa shape index (κ2) is 8.09. The van der Waals surface area contributed by atoms with Crippen LogP contribution in [-0.2, 0) is 12.0 Å². The Morgan fingerprint density at radius 3 is 2.55 bits per heavy atom. The smallest absolute Gasteiger partial charge is 0.249 e. The summed E-state index contributed by atoms with van der Waals surface area (Å²) in [7, 11) is 0. The van der Waals surface area contributed by atoms with Crippen molar-refractivity contribution in [3.63, 3.8) is 0 Å². The van der Waals surface area contributed by atoms with E-state index in [2.05, 4.69) is 16.3 Å². The lowest BCUT2D eigenvalue weighted by molar-refractivity contribution is 0.0998. The summed E-state index contributed by atoms with van der Waals surface area (Å²) in [4.78, 5) is 13.5. The topological polar surface area (TPSA) is 107 Å². The van der Waals surface area contributed by atoms with Crippen LogP contribution in [0, 0.1) is 11.3 Å². The molecule has 0 aliphatic rings. The van der Waals surface area contributed by atoms with Crippen LogP contribution in [0.5, 0.6) is 11.5 Å². The first-order chi connectivity index (χ1) is 14.9. The molecule has 1 unspecified atom stereocenters. The Labute approximate surface area is 183 Å². The lowest BCUT2D eigenvalue weighted by atomic mass is 9.81. The maximum atomic E-state index is 12.1. The number of aromatic nitrogens is 3. The molecule has 3 aromatic carbocycles. The maximum absolute atomic E-state index is 12.1. The Morgan fingerprint density at radius 2 is 1.84 bits per heavy atom. The number of nitriles is 1. The highest BCUT2D eigenvalue weighted by atomic mass is 35.5. The van der Waals surface area contributed by atoms with E-state index >= 15 is 0 Å². The van der Waals surface area contributed by atoms with E-state index in [1.54, 1.807) is 43.3 Å². The van der Waals surface area contributed by atoms with E-state index < -0.39 is 11.3 Å². The van der Waals surface area contributed by atoms with Crippen LogP contribution in [0.25, 0.3) is 11.0 Å². The Hall–Kier alpha value is -3.89. The molecular weight excluding hydrogens is 414 g/mol. The molecule has 0 aliphatic carbocycles. The zero-order valence-corrected chi connectivity index (χ0v) is 17.4. The SMILES string of the molecule is CC(C#N)(Cn1nc2ccc(Cl)cc2n1)c1cc(Oc2ccccc2)ccc1C(N)=O. The van der Waals surface area contributed by atoms with Gasteiger partial charge in [0, 0.05) is 10.6 Å².